The van der Waals surface area contributed by atoms with Gasteiger partial charge in [0.05, 0.1) is 23.3 Å². The molecule has 1 aliphatic heterocycles. The molecule has 1 aliphatic carbocycles. The minimum absolute atomic E-state index is 0.0567. The van der Waals surface area contributed by atoms with Gasteiger partial charge in [-0.3, -0.25) is 4.90 Å². The summed E-state index contributed by atoms with van der Waals surface area (Å²) in [5.74, 6) is -0.553. The number of morpholine rings is 1. The zero-order valence-electron chi connectivity index (χ0n) is 14.0. The van der Waals surface area contributed by atoms with E-state index in [2.05, 4.69) is 4.90 Å². The monoisotopic (exact) mass is 387 g/mol. The van der Waals surface area contributed by atoms with Crippen LogP contribution in [0.3, 0.4) is 0 Å². The van der Waals surface area contributed by atoms with Crippen LogP contribution < -0.4 is 4.74 Å². The quantitative estimate of drug-likeness (QED) is 0.833. The van der Waals surface area contributed by atoms with E-state index in [1.54, 1.807) is 18.2 Å². The van der Waals surface area contributed by atoms with Gasteiger partial charge in [0.25, 0.3) is 0 Å². The molecule has 1 saturated heterocycles. The van der Waals surface area contributed by atoms with Gasteiger partial charge in [-0.2, -0.15) is 0 Å². The van der Waals surface area contributed by atoms with E-state index in [0.717, 1.165) is 38.8 Å². The molecule has 5 nitrogen and oxygen atoms in total. The van der Waals surface area contributed by atoms with E-state index in [0.29, 0.717) is 29.0 Å². The molecular weight excluding hydrogens is 365 g/mol. The summed E-state index contributed by atoms with van der Waals surface area (Å²) in [7, 11) is 0. The SMILES string of the molecule is O=C(O)C(Oc1ccc(Cl)c(Cl)c1)[C@@H]1CCCC[C@H]1N1CCOCC1. The second-order valence-corrected chi connectivity index (χ2v) is 7.43. The maximum absolute atomic E-state index is 12.0. The summed E-state index contributed by atoms with van der Waals surface area (Å²) in [4.78, 5) is 14.3. The van der Waals surface area contributed by atoms with Crippen LogP contribution in [-0.2, 0) is 9.53 Å². The Hall–Kier alpha value is -1.01. The molecule has 0 radical (unpaired) electrons. The summed E-state index contributed by atoms with van der Waals surface area (Å²) in [6, 6.07) is 5.07. The first-order chi connectivity index (χ1) is 12.1. The Labute approximate surface area is 157 Å². The largest absolute Gasteiger partial charge is 0.478 e. The zero-order chi connectivity index (χ0) is 17.8. The number of benzene rings is 1. The highest BCUT2D eigenvalue weighted by molar-refractivity contribution is 6.42. The van der Waals surface area contributed by atoms with Crippen LogP contribution in [0.5, 0.6) is 5.75 Å². The third-order valence-corrected chi connectivity index (χ3v) is 5.82. The van der Waals surface area contributed by atoms with Crippen LogP contribution in [0.15, 0.2) is 18.2 Å². The topological polar surface area (TPSA) is 59.0 Å². The second kappa shape index (κ2) is 8.58. The fraction of sp³-hybridized carbons (Fsp3) is 0.611. The van der Waals surface area contributed by atoms with Gasteiger partial charge in [-0.1, -0.05) is 36.0 Å². The lowest BCUT2D eigenvalue weighted by Gasteiger charge is -2.43. The van der Waals surface area contributed by atoms with Crippen molar-refractivity contribution < 1.29 is 19.4 Å². The number of nitrogens with zero attached hydrogens (tertiary/aromatic N) is 1. The Bertz CT molecular complexity index is 607. The maximum Gasteiger partial charge on any atom is 0.345 e. The lowest BCUT2D eigenvalue weighted by atomic mass is 9.79. The lowest BCUT2D eigenvalue weighted by Crippen LogP contribution is -2.53. The highest BCUT2D eigenvalue weighted by Crippen LogP contribution is 2.34. The van der Waals surface area contributed by atoms with Gasteiger partial charge >= 0.3 is 5.97 Å². The van der Waals surface area contributed by atoms with Gasteiger partial charge in [-0.15, -0.1) is 0 Å². The van der Waals surface area contributed by atoms with Gasteiger partial charge in [0.2, 0.25) is 0 Å². The number of carbonyl (C=O) groups is 1. The summed E-state index contributed by atoms with van der Waals surface area (Å²) >= 11 is 12.0. The number of carboxylic acid groups (broad SMARTS) is 1. The van der Waals surface area contributed by atoms with Crippen LogP contribution in [0.1, 0.15) is 25.7 Å². The van der Waals surface area contributed by atoms with Crippen LogP contribution in [0.4, 0.5) is 0 Å². The Kier molecular flexibility index (Phi) is 6.44. The Balaban J connectivity index is 1.79. The summed E-state index contributed by atoms with van der Waals surface area (Å²) in [5.41, 5.74) is 0. The molecule has 138 valence electrons. The van der Waals surface area contributed by atoms with Gasteiger partial charge in [-0.25, -0.2) is 4.79 Å². The molecule has 1 saturated carbocycles. The van der Waals surface area contributed by atoms with E-state index >= 15 is 0 Å². The molecule has 1 unspecified atom stereocenters. The molecule has 2 aliphatic rings. The summed E-state index contributed by atoms with van der Waals surface area (Å²) in [6.07, 6.45) is 3.10. The highest BCUT2D eigenvalue weighted by atomic mass is 35.5. The predicted molar refractivity (Wildman–Crippen MR) is 96.7 cm³/mol. The Morgan fingerprint density at radius 1 is 1.20 bits per heavy atom. The summed E-state index contributed by atoms with van der Waals surface area (Å²) < 4.78 is 11.3. The summed E-state index contributed by atoms with van der Waals surface area (Å²) in [6.45, 7) is 3.10. The molecule has 0 amide bonds. The van der Waals surface area contributed by atoms with E-state index < -0.39 is 12.1 Å². The molecule has 1 heterocycles. The van der Waals surface area contributed by atoms with Crippen molar-refractivity contribution in [3.8, 4) is 5.75 Å². The number of hydrogen-bond acceptors (Lipinski definition) is 4. The zero-order valence-corrected chi connectivity index (χ0v) is 15.5. The minimum Gasteiger partial charge on any atom is -0.478 e. The standard InChI is InChI=1S/C18H23Cl2NO4/c19-14-6-5-12(11-15(14)20)25-17(18(22)23)13-3-1-2-4-16(13)21-7-9-24-10-8-21/h5-6,11,13,16-17H,1-4,7-10H2,(H,22,23)/t13-,16-,17?/m1/s1. The van der Waals surface area contributed by atoms with Gasteiger partial charge in [0, 0.05) is 31.1 Å². The fourth-order valence-electron chi connectivity index (χ4n) is 3.87. The number of halogens is 2. The van der Waals surface area contributed by atoms with Crippen LogP contribution >= 0.6 is 23.2 Å². The molecule has 1 aromatic rings. The van der Waals surface area contributed by atoms with E-state index in [1.165, 1.54) is 0 Å². The molecule has 0 aromatic heterocycles. The third kappa shape index (κ3) is 4.59. The molecule has 25 heavy (non-hydrogen) atoms. The molecule has 7 heteroatoms. The summed E-state index contributed by atoms with van der Waals surface area (Å²) in [5, 5.41) is 10.6. The van der Waals surface area contributed by atoms with Crippen molar-refractivity contribution in [1.29, 1.82) is 0 Å². The predicted octanol–water partition coefficient (Wildman–Crippen LogP) is 3.72. The van der Waals surface area contributed by atoms with Crippen molar-refractivity contribution in [2.75, 3.05) is 26.3 Å². The smallest absolute Gasteiger partial charge is 0.345 e. The van der Waals surface area contributed by atoms with Crippen molar-refractivity contribution in [2.45, 2.75) is 37.8 Å². The van der Waals surface area contributed by atoms with Crippen LogP contribution in [0.25, 0.3) is 0 Å². The van der Waals surface area contributed by atoms with Gasteiger partial charge < -0.3 is 14.6 Å². The number of hydrogen-bond donors (Lipinski definition) is 1. The first-order valence-corrected chi connectivity index (χ1v) is 9.48. The van der Waals surface area contributed by atoms with Gasteiger partial charge in [0.15, 0.2) is 6.10 Å². The first kappa shape index (κ1) is 18.8. The lowest BCUT2D eigenvalue weighted by molar-refractivity contribution is -0.150. The van der Waals surface area contributed by atoms with Crippen LogP contribution in [-0.4, -0.2) is 54.4 Å². The van der Waals surface area contributed by atoms with E-state index in [1.807, 2.05) is 0 Å². The highest BCUT2D eigenvalue weighted by Gasteiger charge is 2.40. The van der Waals surface area contributed by atoms with Gasteiger partial charge in [-0.05, 0) is 25.0 Å². The normalized spacial score (nSPS) is 26.2. The van der Waals surface area contributed by atoms with E-state index in [4.69, 9.17) is 32.7 Å². The molecule has 0 spiro atoms. The van der Waals surface area contributed by atoms with Crippen molar-refractivity contribution in [3.05, 3.63) is 28.2 Å². The molecule has 2 fully saturated rings. The number of ether oxygens (including phenoxy) is 2. The van der Waals surface area contributed by atoms with Gasteiger partial charge in [0.1, 0.15) is 5.75 Å². The Morgan fingerprint density at radius 3 is 2.60 bits per heavy atom. The van der Waals surface area contributed by atoms with Crippen molar-refractivity contribution in [3.63, 3.8) is 0 Å². The second-order valence-electron chi connectivity index (χ2n) is 6.62. The molecular formula is C18H23Cl2NO4. The van der Waals surface area contributed by atoms with Crippen molar-refractivity contribution >= 4 is 29.2 Å². The third-order valence-electron chi connectivity index (χ3n) is 5.08. The average molecular weight is 388 g/mol. The Morgan fingerprint density at radius 2 is 1.92 bits per heavy atom. The van der Waals surface area contributed by atoms with E-state index in [-0.39, 0.29) is 12.0 Å². The molecule has 1 aromatic carbocycles. The number of carboxylic acids is 1. The molecule has 1 N–H and O–H groups in total. The number of rotatable bonds is 5. The van der Waals surface area contributed by atoms with E-state index in [9.17, 15) is 9.90 Å². The number of aliphatic carboxylic acids is 1. The van der Waals surface area contributed by atoms with Crippen LogP contribution in [0, 0.1) is 5.92 Å². The molecule has 3 atom stereocenters. The van der Waals surface area contributed by atoms with Crippen molar-refractivity contribution in [2.24, 2.45) is 5.92 Å². The molecule has 0 bridgehead atoms. The minimum atomic E-state index is -0.934. The van der Waals surface area contributed by atoms with Crippen molar-refractivity contribution in [1.82, 2.24) is 4.90 Å². The average Bonchev–Trinajstić information content (AvgIpc) is 2.63. The van der Waals surface area contributed by atoms with Crippen LogP contribution in [0.2, 0.25) is 10.0 Å². The first-order valence-electron chi connectivity index (χ1n) is 8.72. The molecule has 3 rings (SSSR count). The fourth-order valence-corrected chi connectivity index (χ4v) is 4.16. The maximum atomic E-state index is 12.0.